The van der Waals surface area contributed by atoms with Crippen LogP contribution >= 0.6 is 7.60 Å². The molecule has 8 nitrogen and oxygen atoms in total. The molecule has 0 aliphatic carbocycles. The van der Waals surface area contributed by atoms with Crippen LogP contribution in [0.25, 0.3) is 0 Å². The minimum Gasteiger partial charge on any atom is -0.508 e. The number of ether oxygens (including phenoxy) is 3. The van der Waals surface area contributed by atoms with Gasteiger partial charge in [0, 0.05) is 43.5 Å². The number of phenolic OH excluding ortho intramolecular Hbond substituents is 1. The number of phenols is 1. The number of hydrogen-bond acceptors (Lipinski definition) is 8. The molecule has 1 N–H and O–H groups in total. The van der Waals surface area contributed by atoms with Crippen molar-refractivity contribution in [2.24, 2.45) is 0 Å². The summed E-state index contributed by atoms with van der Waals surface area (Å²) in [5.41, 5.74) is 3.46. The van der Waals surface area contributed by atoms with Crippen LogP contribution < -0.4 is 13.8 Å². The molecule has 10 heteroatoms. The summed E-state index contributed by atoms with van der Waals surface area (Å²) in [6, 6.07) is 29.3. The van der Waals surface area contributed by atoms with Gasteiger partial charge < -0.3 is 28.4 Å². The Morgan fingerprint density at radius 2 is 1.09 bits per heavy atom. The number of epoxide rings is 1. The summed E-state index contributed by atoms with van der Waals surface area (Å²) in [7, 11) is -3.48. The van der Waals surface area contributed by atoms with Gasteiger partial charge in [0.05, 0.1) is 13.3 Å². The Hall–Kier alpha value is -3.16. The first-order valence-corrected chi connectivity index (χ1v) is 16.3. The van der Waals surface area contributed by atoms with E-state index in [1.165, 1.54) is 6.66 Å². The van der Waals surface area contributed by atoms with E-state index in [9.17, 15) is 14.5 Å². The zero-order valence-electron chi connectivity index (χ0n) is 26.1. The molecule has 1 radical (unpaired) electrons. The zero-order chi connectivity index (χ0) is 31.5. The minimum absolute atomic E-state index is 0. The maximum absolute atomic E-state index is 13.3. The largest absolute Gasteiger partial charge is 0.513 e. The molecule has 0 amide bonds. The molecular weight excluding hydrogens is 668 g/mol. The topological polar surface area (TPSA) is 104 Å². The van der Waals surface area contributed by atoms with Crippen LogP contribution in [-0.4, -0.2) is 37.2 Å². The molecule has 1 aliphatic rings. The van der Waals surface area contributed by atoms with Gasteiger partial charge in [-0.3, -0.25) is 0 Å². The van der Waals surface area contributed by atoms with Gasteiger partial charge in [0.2, 0.25) is 0 Å². The van der Waals surface area contributed by atoms with Gasteiger partial charge in [-0.25, -0.2) is 9.36 Å². The summed E-state index contributed by atoms with van der Waals surface area (Å²) in [5.74, 6) is 1.49. The monoisotopic (exact) mass is 705 g/mol. The van der Waals surface area contributed by atoms with E-state index >= 15 is 0 Å². The summed E-state index contributed by atoms with van der Waals surface area (Å²) in [6.07, 6.45) is -0.777. The van der Waals surface area contributed by atoms with Crippen LogP contribution in [0, 0.1) is 0 Å². The molecule has 1 aliphatic heterocycles. The minimum atomic E-state index is -3.48. The molecule has 0 bridgehead atoms. The van der Waals surface area contributed by atoms with Crippen LogP contribution in [0.2, 0.25) is 0 Å². The van der Waals surface area contributed by atoms with Crippen LogP contribution in [0.5, 0.6) is 23.0 Å². The summed E-state index contributed by atoms with van der Waals surface area (Å²) < 4.78 is 40.1. The van der Waals surface area contributed by atoms with E-state index in [0.717, 1.165) is 22.3 Å². The van der Waals surface area contributed by atoms with Gasteiger partial charge in [0.1, 0.15) is 35.7 Å². The number of rotatable bonds is 11. The van der Waals surface area contributed by atoms with E-state index in [1.54, 1.807) is 48.5 Å². The summed E-state index contributed by atoms with van der Waals surface area (Å²) in [5, 5.41) is 9.62. The van der Waals surface area contributed by atoms with Crippen LogP contribution in [-0.2, 0) is 57.6 Å². The fourth-order valence-electron chi connectivity index (χ4n) is 4.87. The Morgan fingerprint density at radius 3 is 1.47 bits per heavy atom. The Kier molecular flexibility index (Phi) is 10.9. The smallest absolute Gasteiger partial charge is 0.508 e. The molecule has 4 aromatic carbocycles. The normalized spacial score (nSPS) is 15.6. The summed E-state index contributed by atoms with van der Waals surface area (Å²) in [4.78, 5) is 11.8. The zero-order valence-corrected chi connectivity index (χ0v) is 29.8. The molecule has 4 aromatic rings. The fourth-order valence-corrected chi connectivity index (χ4v) is 5.92. The maximum Gasteiger partial charge on any atom is 0.513 e. The molecule has 0 spiro atoms. The molecule has 1 saturated heterocycles. The Balaban J connectivity index is 0.00000461. The van der Waals surface area contributed by atoms with Crippen molar-refractivity contribution in [3.63, 3.8) is 0 Å². The van der Waals surface area contributed by atoms with Crippen LogP contribution in [0.15, 0.2) is 97.1 Å². The fraction of sp³-hybridized carbons (Fsp3) is 0.286. The van der Waals surface area contributed by atoms with Crippen LogP contribution in [0.4, 0.5) is 4.79 Å². The Labute approximate surface area is 289 Å². The quantitative estimate of drug-likeness (QED) is 0.0721. The molecule has 233 valence electrons. The maximum atomic E-state index is 13.3. The second kappa shape index (κ2) is 14.1. The third-order valence-corrected chi connectivity index (χ3v) is 8.94. The number of carbonyl (C=O) groups excluding carboxylic acids is 1. The molecule has 2 atom stereocenters. The number of aromatic hydroxyl groups is 1. The molecule has 1 fully saturated rings. The Morgan fingerprint density at radius 1 is 0.733 bits per heavy atom. The number of carbonyl (C=O) groups is 1. The molecule has 2 unspecified atom stereocenters. The molecule has 5 rings (SSSR count). The van der Waals surface area contributed by atoms with Gasteiger partial charge in [0.15, 0.2) is 0 Å². The van der Waals surface area contributed by atoms with E-state index in [2.05, 4.69) is 27.7 Å². The van der Waals surface area contributed by atoms with Crippen molar-refractivity contribution in [2.75, 3.05) is 19.9 Å². The second-order valence-corrected chi connectivity index (χ2v) is 13.9. The van der Waals surface area contributed by atoms with E-state index in [1.807, 2.05) is 48.5 Å². The van der Waals surface area contributed by atoms with Crippen LogP contribution in [0.3, 0.4) is 0 Å². The third kappa shape index (κ3) is 8.98. The van der Waals surface area contributed by atoms with E-state index in [-0.39, 0.29) is 62.0 Å². The van der Waals surface area contributed by atoms with Gasteiger partial charge >= 0.3 is 13.8 Å². The molecule has 0 aromatic heterocycles. The van der Waals surface area contributed by atoms with Crippen molar-refractivity contribution >= 4 is 13.8 Å². The van der Waals surface area contributed by atoms with Crippen molar-refractivity contribution in [3.05, 3.63) is 119 Å². The van der Waals surface area contributed by atoms with Crippen molar-refractivity contribution in [1.29, 1.82) is 0 Å². The van der Waals surface area contributed by atoms with Crippen molar-refractivity contribution in [1.82, 2.24) is 0 Å². The summed E-state index contributed by atoms with van der Waals surface area (Å²) >= 11 is 0. The molecule has 45 heavy (non-hydrogen) atoms. The van der Waals surface area contributed by atoms with E-state index in [0.29, 0.717) is 23.9 Å². The second-order valence-electron chi connectivity index (χ2n) is 11.9. The predicted octanol–water partition coefficient (Wildman–Crippen LogP) is 8.24. The van der Waals surface area contributed by atoms with Crippen molar-refractivity contribution in [2.45, 2.75) is 44.6 Å². The first kappa shape index (κ1) is 34.7. The standard InChI is InChI=1S/C35H37O8P.Y/c1-34(2,24-6-14-28(36)15-7-24)26-10-18-30(19-11-26)42-44(5,38)43-31-20-12-27(13-21-31)35(3,4)25-8-16-29(17-9-25)41-33(37)40-23-32-22-39-32;/h6-21,32,36H,22-23H2,1-5H3;. The van der Waals surface area contributed by atoms with Gasteiger partial charge in [0.25, 0.3) is 0 Å². The van der Waals surface area contributed by atoms with Crippen LogP contribution in [0.1, 0.15) is 49.9 Å². The van der Waals surface area contributed by atoms with E-state index < -0.39 is 13.8 Å². The van der Waals surface area contributed by atoms with Gasteiger partial charge in [-0.05, 0) is 70.8 Å². The van der Waals surface area contributed by atoms with Gasteiger partial charge in [-0.2, -0.15) is 0 Å². The van der Waals surface area contributed by atoms with Gasteiger partial charge in [-0.15, -0.1) is 0 Å². The SMILES string of the molecule is CC(C)(c1ccc(O)cc1)c1ccc(OP(C)(=O)Oc2ccc(C(C)(C)c3ccc(OC(=O)OCC4CO4)cc3)cc2)cc1.[Y]. The first-order valence-electron chi connectivity index (χ1n) is 14.4. The average molecular weight is 706 g/mol. The predicted molar refractivity (Wildman–Crippen MR) is 168 cm³/mol. The molecular formula is C35H37O8PY. The molecule has 0 saturated carbocycles. The third-order valence-electron chi connectivity index (χ3n) is 7.85. The number of hydrogen-bond donors (Lipinski definition) is 1. The first-order chi connectivity index (χ1) is 20.8. The van der Waals surface area contributed by atoms with Crippen molar-refractivity contribution < 1.29 is 70.4 Å². The van der Waals surface area contributed by atoms with Crippen molar-refractivity contribution in [3.8, 4) is 23.0 Å². The Bertz CT molecular complexity index is 1630. The number of benzene rings is 4. The molecule has 1 heterocycles. The summed E-state index contributed by atoms with van der Waals surface area (Å²) in [6.45, 7) is 10.6. The average Bonchev–Trinajstić information content (AvgIpc) is 3.82. The van der Waals surface area contributed by atoms with Gasteiger partial charge in [-0.1, -0.05) is 76.2 Å². The van der Waals surface area contributed by atoms with E-state index in [4.69, 9.17) is 23.3 Å².